The van der Waals surface area contributed by atoms with E-state index in [1.807, 2.05) is 48.7 Å². The maximum Gasteiger partial charge on any atom is 0.248 e. The number of para-hydroxylation sites is 1. The molecule has 1 saturated heterocycles. The van der Waals surface area contributed by atoms with Gasteiger partial charge in [0.15, 0.2) is 0 Å². The fourth-order valence-corrected chi connectivity index (χ4v) is 4.19. The maximum absolute atomic E-state index is 12.4. The Bertz CT molecular complexity index is 1070. The zero-order valence-electron chi connectivity index (χ0n) is 18.8. The van der Waals surface area contributed by atoms with Crippen molar-refractivity contribution in [2.45, 2.75) is 20.0 Å². The van der Waals surface area contributed by atoms with Crippen molar-refractivity contribution in [2.24, 2.45) is 0 Å². The first-order valence-electron chi connectivity index (χ1n) is 11.2. The lowest BCUT2D eigenvalue weighted by molar-refractivity contribution is -0.111. The molecule has 3 aromatic rings. The summed E-state index contributed by atoms with van der Waals surface area (Å²) in [5, 5.41) is 5.94. The molecule has 33 heavy (non-hydrogen) atoms. The quantitative estimate of drug-likeness (QED) is 0.472. The second-order valence-corrected chi connectivity index (χ2v) is 8.97. The molecule has 0 spiro atoms. The lowest BCUT2D eigenvalue weighted by Gasteiger charge is -2.26. The molecule has 7 heteroatoms. The lowest BCUT2D eigenvalue weighted by Crippen LogP contribution is -2.37. The van der Waals surface area contributed by atoms with Gasteiger partial charge in [0.1, 0.15) is 12.4 Å². The Labute approximate surface area is 198 Å². The molecular weight excluding hydrogens is 434 g/mol. The number of rotatable bonds is 9. The van der Waals surface area contributed by atoms with Crippen molar-refractivity contribution in [2.75, 3.05) is 38.2 Å². The number of carbonyl (C=O) groups is 1. The van der Waals surface area contributed by atoms with Gasteiger partial charge < -0.3 is 14.8 Å². The van der Waals surface area contributed by atoms with E-state index in [1.165, 1.54) is 11.6 Å². The minimum Gasteiger partial charge on any atom is -0.487 e. The largest absolute Gasteiger partial charge is 0.487 e. The first-order chi connectivity index (χ1) is 16.2. The van der Waals surface area contributed by atoms with E-state index in [0.29, 0.717) is 6.61 Å². The van der Waals surface area contributed by atoms with E-state index in [-0.39, 0.29) is 5.91 Å². The van der Waals surface area contributed by atoms with Crippen LogP contribution in [0.1, 0.15) is 21.8 Å². The van der Waals surface area contributed by atoms with Crippen molar-refractivity contribution in [3.8, 4) is 5.75 Å². The summed E-state index contributed by atoms with van der Waals surface area (Å²) in [4.78, 5) is 19.3. The Balaban J connectivity index is 1.28. The molecule has 0 saturated carbocycles. The third kappa shape index (κ3) is 7.25. The van der Waals surface area contributed by atoms with E-state index in [9.17, 15) is 4.79 Å². The summed E-state index contributed by atoms with van der Waals surface area (Å²) < 4.78 is 11.3. The fourth-order valence-electron chi connectivity index (χ4n) is 3.59. The van der Waals surface area contributed by atoms with Crippen LogP contribution in [0, 0.1) is 6.92 Å². The van der Waals surface area contributed by atoms with Crippen molar-refractivity contribution in [1.29, 1.82) is 0 Å². The van der Waals surface area contributed by atoms with Gasteiger partial charge in [0.05, 0.1) is 23.9 Å². The molecule has 0 radical (unpaired) electrons. The van der Waals surface area contributed by atoms with Crippen LogP contribution in [0.15, 0.2) is 60.0 Å². The number of nitrogens with zero attached hydrogens (tertiary/aromatic N) is 2. The highest BCUT2D eigenvalue weighted by atomic mass is 32.1. The normalized spacial score (nSPS) is 14.5. The lowest BCUT2D eigenvalue weighted by atomic mass is 10.1. The number of benzene rings is 2. The summed E-state index contributed by atoms with van der Waals surface area (Å²) in [6.45, 7) is 7.04. The zero-order valence-corrected chi connectivity index (χ0v) is 19.6. The van der Waals surface area contributed by atoms with Crippen molar-refractivity contribution in [3.05, 3.63) is 81.8 Å². The van der Waals surface area contributed by atoms with E-state index in [2.05, 4.69) is 27.3 Å². The molecule has 1 N–H and O–H groups in total. The van der Waals surface area contributed by atoms with E-state index >= 15 is 0 Å². The Morgan fingerprint density at radius 3 is 2.73 bits per heavy atom. The van der Waals surface area contributed by atoms with Crippen LogP contribution in [0.25, 0.3) is 6.08 Å². The van der Waals surface area contributed by atoms with E-state index in [4.69, 9.17) is 9.47 Å². The molecule has 0 atom stereocenters. The standard InChI is InChI=1S/C26H29N3O3S/c1-20-27-24(19-33-20)18-32-25-5-3-2-4-22(25)8-11-26(30)28-23-9-6-21(7-10-23)12-13-29-14-16-31-17-15-29/h2-11,19H,12-18H2,1H3,(H,28,30). The van der Waals surface area contributed by atoms with Crippen LogP contribution < -0.4 is 10.1 Å². The summed E-state index contributed by atoms with van der Waals surface area (Å²) >= 11 is 1.60. The van der Waals surface area contributed by atoms with Crippen LogP contribution in [0.2, 0.25) is 0 Å². The summed E-state index contributed by atoms with van der Waals surface area (Å²) in [5.74, 6) is 0.540. The van der Waals surface area contributed by atoms with Crippen LogP contribution in [0.4, 0.5) is 5.69 Å². The van der Waals surface area contributed by atoms with Gasteiger partial charge in [-0.1, -0.05) is 30.3 Å². The van der Waals surface area contributed by atoms with Crippen LogP contribution in [0.3, 0.4) is 0 Å². The molecule has 1 aliphatic rings. The highest BCUT2D eigenvalue weighted by Gasteiger charge is 2.10. The van der Waals surface area contributed by atoms with Gasteiger partial charge in [-0.3, -0.25) is 9.69 Å². The molecule has 1 aliphatic heterocycles. The van der Waals surface area contributed by atoms with Crippen molar-refractivity contribution < 1.29 is 14.3 Å². The number of aromatic nitrogens is 1. The molecule has 4 rings (SSSR count). The topological polar surface area (TPSA) is 63.7 Å². The van der Waals surface area contributed by atoms with Crippen LogP contribution in [-0.2, 0) is 22.6 Å². The highest BCUT2D eigenvalue weighted by molar-refractivity contribution is 7.09. The number of morpholine rings is 1. The average molecular weight is 464 g/mol. The molecule has 172 valence electrons. The second kappa shape index (κ2) is 11.7. The SMILES string of the molecule is Cc1nc(COc2ccccc2C=CC(=O)Nc2ccc(CCN3CCOCC3)cc2)cs1. The van der Waals surface area contributed by atoms with E-state index < -0.39 is 0 Å². The average Bonchev–Trinajstić information content (AvgIpc) is 3.27. The van der Waals surface area contributed by atoms with E-state index in [1.54, 1.807) is 17.4 Å². The number of carbonyl (C=O) groups excluding carboxylic acids is 1. The Morgan fingerprint density at radius 1 is 1.18 bits per heavy atom. The predicted molar refractivity (Wildman–Crippen MR) is 133 cm³/mol. The van der Waals surface area contributed by atoms with Crippen molar-refractivity contribution in [3.63, 3.8) is 0 Å². The molecular formula is C26H29N3O3S. The number of nitrogens with one attached hydrogen (secondary N) is 1. The zero-order chi connectivity index (χ0) is 22.9. The summed E-state index contributed by atoms with van der Waals surface area (Å²) in [6.07, 6.45) is 4.29. The number of amides is 1. The minimum atomic E-state index is -0.180. The third-order valence-corrected chi connectivity index (χ3v) is 6.24. The highest BCUT2D eigenvalue weighted by Crippen LogP contribution is 2.21. The molecule has 2 heterocycles. The summed E-state index contributed by atoms with van der Waals surface area (Å²) in [5.41, 5.74) is 3.79. The fraction of sp³-hybridized carbons (Fsp3) is 0.308. The number of anilines is 1. The molecule has 0 bridgehead atoms. The first kappa shape index (κ1) is 23.2. The molecule has 1 amide bonds. The number of aryl methyl sites for hydroxylation is 1. The molecule has 1 fully saturated rings. The van der Waals surface area contributed by atoms with Crippen LogP contribution in [0.5, 0.6) is 5.75 Å². The van der Waals surface area contributed by atoms with Gasteiger partial charge in [0.25, 0.3) is 0 Å². The predicted octanol–water partition coefficient (Wildman–Crippen LogP) is 4.56. The maximum atomic E-state index is 12.4. The van der Waals surface area contributed by atoms with Gasteiger partial charge in [-0.15, -0.1) is 11.3 Å². The number of thiazole rings is 1. The molecule has 2 aromatic carbocycles. The summed E-state index contributed by atoms with van der Waals surface area (Å²) in [7, 11) is 0. The van der Waals surface area contributed by atoms with Crippen molar-refractivity contribution >= 4 is 29.0 Å². The third-order valence-electron chi connectivity index (χ3n) is 5.42. The van der Waals surface area contributed by atoms with Gasteiger partial charge in [-0.2, -0.15) is 0 Å². The van der Waals surface area contributed by atoms with Crippen molar-refractivity contribution in [1.82, 2.24) is 9.88 Å². The van der Waals surface area contributed by atoms with E-state index in [0.717, 1.165) is 67.0 Å². The number of hydrogen-bond donors (Lipinski definition) is 1. The Morgan fingerprint density at radius 2 is 1.97 bits per heavy atom. The van der Waals surface area contributed by atoms with Gasteiger partial charge in [-0.05, 0) is 43.2 Å². The molecule has 1 aromatic heterocycles. The first-order valence-corrected chi connectivity index (χ1v) is 12.0. The monoisotopic (exact) mass is 463 g/mol. The molecule has 0 aliphatic carbocycles. The van der Waals surface area contributed by atoms with Gasteiger partial charge >= 0.3 is 0 Å². The van der Waals surface area contributed by atoms with Crippen LogP contribution >= 0.6 is 11.3 Å². The van der Waals surface area contributed by atoms with Crippen LogP contribution in [-0.4, -0.2) is 48.6 Å². The van der Waals surface area contributed by atoms with Gasteiger partial charge in [0, 0.05) is 42.3 Å². The minimum absolute atomic E-state index is 0.180. The van der Waals surface area contributed by atoms with Gasteiger partial charge in [-0.25, -0.2) is 4.98 Å². The smallest absolute Gasteiger partial charge is 0.248 e. The van der Waals surface area contributed by atoms with Gasteiger partial charge in [0.2, 0.25) is 5.91 Å². The molecule has 6 nitrogen and oxygen atoms in total. The Hall–Kier alpha value is -3.00. The summed E-state index contributed by atoms with van der Waals surface area (Å²) in [6, 6.07) is 15.7. The number of ether oxygens (including phenoxy) is 2. The number of hydrogen-bond acceptors (Lipinski definition) is 6. The Kier molecular flexibility index (Phi) is 8.24. The second-order valence-electron chi connectivity index (χ2n) is 7.91. The molecule has 0 unspecified atom stereocenters.